The fraction of sp³-hybridized carbons (Fsp3) is 0.400. The molecule has 0 aliphatic carbocycles. The van der Waals surface area contributed by atoms with Gasteiger partial charge in [0.2, 0.25) is 5.88 Å². The van der Waals surface area contributed by atoms with Crippen LogP contribution in [0.5, 0.6) is 5.88 Å². The van der Waals surface area contributed by atoms with E-state index in [1.165, 1.54) is 23.1 Å². The van der Waals surface area contributed by atoms with Crippen LogP contribution in [0.25, 0.3) is 11.3 Å². The zero-order valence-electron chi connectivity index (χ0n) is 15.8. The first-order valence-corrected chi connectivity index (χ1v) is 9.25. The molecule has 5 nitrogen and oxygen atoms in total. The van der Waals surface area contributed by atoms with Crippen molar-refractivity contribution in [3.8, 4) is 17.1 Å². The molecule has 0 radical (unpaired) electrons. The molecule has 2 heterocycles. The predicted octanol–water partition coefficient (Wildman–Crippen LogP) is 4.66. The second kappa shape index (κ2) is 8.85. The molecule has 1 aliphatic heterocycles. The fourth-order valence-corrected chi connectivity index (χ4v) is 3.43. The van der Waals surface area contributed by atoms with Gasteiger partial charge in [-0.25, -0.2) is 13.8 Å². The van der Waals surface area contributed by atoms with Crippen LogP contribution in [-0.4, -0.2) is 41.9 Å². The Morgan fingerprint density at radius 3 is 2.37 bits per heavy atom. The molecule has 1 saturated heterocycles. The van der Waals surface area contributed by atoms with Crippen molar-refractivity contribution in [2.24, 2.45) is 5.92 Å². The maximum atomic E-state index is 14.7. The van der Waals surface area contributed by atoms with Gasteiger partial charge in [-0.3, -0.25) is 4.79 Å². The number of ether oxygens (including phenoxy) is 1. The van der Waals surface area contributed by atoms with Gasteiger partial charge in [0.05, 0.1) is 5.69 Å². The molecule has 30 heavy (non-hydrogen) atoms. The Morgan fingerprint density at radius 1 is 1.17 bits per heavy atom. The Morgan fingerprint density at radius 2 is 1.80 bits per heavy atom. The third kappa shape index (κ3) is 5.58. The summed E-state index contributed by atoms with van der Waals surface area (Å²) in [5, 5.41) is 8.86. The van der Waals surface area contributed by atoms with E-state index < -0.39 is 30.4 Å². The van der Waals surface area contributed by atoms with Crippen LogP contribution in [0.3, 0.4) is 0 Å². The molecular formula is C20H19F5N2O3. The number of carbonyl (C=O) groups is 1. The molecule has 0 saturated carbocycles. The molecule has 162 valence electrons. The van der Waals surface area contributed by atoms with E-state index in [2.05, 4.69) is 9.72 Å². The van der Waals surface area contributed by atoms with Gasteiger partial charge in [0.25, 0.3) is 0 Å². The van der Waals surface area contributed by atoms with Gasteiger partial charge in [-0.1, -0.05) is 6.07 Å². The van der Waals surface area contributed by atoms with Gasteiger partial charge in [-0.05, 0) is 37.0 Å². The lowest BCUT2D eigenvalue weighted by molar-refractivity contribution is -0.154. The van der Waals surface area contributed by atoms with Crippen LogP contribution >= 0.6 is 0 Å². The number of alkyl halides is 3. The summed E-state index contributed by atoms with van der Waals surface area (Å²) in [7, 11) is 0. The van der Waals surface area contributed by atoms with Crippen molar-refractivity contribution in [3.63, 3.8) is 0 Å². The SMILES string of the molecule is O=C(O)CC1CCN(c2c(F)cc(-c3cccc(OCC(F)(F)F)n3)cc2F)CC1. The predicted molar refractivity (Wildman–Crippen MR) is 98.3 cm³/mol. The molecule has 1 N–H and O–H groups in total. The Hall–Kier alpha value is -2.91. The van der Waals surface area contributed by atoms with Crippen molar-refractivity contribution in [2.45, 2.75) is 25.4 Å². The molecule has 0 unspecified atom stereocenters. The number of aromatic nitrogens is 1. The van der Waals surface area contributed by atoms with E-state index in [-0.39, 0.29) is 35.2 Å². The molecule has 0 bridgehead atoms. The topological polar surface area (TPSA) is 62.7 Å². The normalized spacial score (nSPS) is 15.3. The largest absolute Gasteiger partial charge is 0.481 e. The lowest BCUT2D eigenvalue weighted by Gasteiger charge is -2.33. The molecule has 1 aliphatic rings. The number of anilines is 1. The van der Waals surface area contributed by atoms with Crippen molar-refractivity contribution in [1.29, 1.82) is 0 Å². The molecule has 1 aromatic heterocycles. The van der Waals surface area contributed by atoms with Crippen molar-refractivity contribution in [2.75, 3.05) is 24.6 Å². The maximum absolute atomic E-state index is 14.7. The van der Waals surface area contributed by atoms with Gasteiger partial charge >= 0.3 is 12.1 Å². The van der Waals surface area contributed by atoms with Crippen molar-refractivity contribution < 1.29 is 36.6 Å². The van der Waals surface area contributed by atoms with Crippen LogP contribution in [0.1, 0.15) is 19.3 Å². The fourth-order valence-electron chi connectivity index (χ4n) is 3.43. The summed E-state index contributed by atoms with van der Waals surface area (Å²) in [5.41, 5.74) is -0.0804. The second-order valence-electron chi connectivity index (χ2n) is 7.08. The summed E-state index contributed by atoms with van der Waals surface area (Å²) in [6.07, 6.45) is -3.49. The minimum Gasteiger partial charge on any atom is -0.481 e. The first kappa shape index (κ1) is 21.8. The summed E-state index contributed by atoms with van der Waals surface area (Å²) < 4.78 is 70.9. The summed E-state index contributed by atoms with van der Waals surface area (Å²) >= 11 is 0. The molecule has 1 fully saturated rings. The average molecular weight is 430 g/mol. The lowest BCUT2D eigenvalue weighted by Crippen LogP contribution is -2.35. The molecular weight excluding hydrogens is 411 g/mol. The van der Waals surface area contributed by atoms with E-state index in [4.69, 9.17) is 5.11 Å². The first-order chi connectivity index (χ1) is 14.1. The van der Waals surface area contributed by atoms with Crippen LogP contribution < -0.4 is 9.64 Å². The standard InChI is InChI=1S/C20H19F5N2O3/c21-14-9-13(16-2-1-3-17(26-16)30-11-20(23,24)25)10-15(22)19(14)27-6-4-12(5-7-27)8-18(28)29/h1-3,9-10,12H,4-8,11H2,(H,28,29). The van der Waals surface area contributed by atoms with E-state index in [0.29, 0.717) is 25.9 Å². The van der Waals surface area contributed by atoms with Crippen molar-refractivity contribution in [3.05, 3.63) is 42.0 Å². The highest BCUT2D eigenvalue weighted by atomic mass is 19.4. The summed E-state index contributed by atoms with van der Waals surface area (Å²) in [6.45, 7) is -0.878. The van der Waals surface area contributed by atoms with Crippen LogP contribution in [0.15, 0.2) is 30.3 Å². The molecule has 3 rings (SSSR count). The number of pyridine rings is 1. The number of rotatable bonds is 6. The van der Waals surface area contributed by atoms with E-state index in [1.54, 1.807) is 0 Å². The molecule has 0 spiro atoms. The molecule has 10 heteroatoms. The highest BCUT2D eigenvalue weighted by Crippen LogP contribution is 2.33. The number of nitrogens with zero attached hydrogens (tertiary/aromatic N) is 2. The lowest BCUT2D eigenvalue weighted by atomic mass is 9.93. The third-order valence-corrected chi connectivity index (χ3v) is 4.81. The van der Waals surface area contributed by atoms with Gasteiger partial charge in [-0.2, -0.15) is 13.2 Å². The zero-order chi connectivity index (χ0) is 21.9. The molecule has 0 amide bonds. The number of carboxylic acids is 1. The van der Waals surface area contributed by atoms with Crippen LogP contribution in [0.4, 0.5) is 27.6 Å². The van der Waals surface area contributed by atoms with Crippen LogP contribution in [-0.2, 0) is 4.79 Å². The highest BCUT2D eigenvalue weighted by Gasteiger charge is 2.29. The Balaban J connectivity index is 1.76. The molecule has 0 atom stereocenters. The van der Waals surface area contributed by atoms with E-state index >= 15 is 0 Å². The Kier molecular flexibility index (Phi) is 6.42. The monoisotopic (exact) mass is 430 g/mol. The van der Waals surface area contributed by atoms with Gasteiger partial charge < -0.3 is 14.7 Å². The van der Waals surface area contributed by atoms with E-state index in [0.717, 1.165) is 12.1 Å². The number of piperidine rings is 1. The maximum Gasteiger partial charge on any atom is 0.422 e. The second-order valence-corrected chi connectivity index (χ2v) is 7.08. The number of aliphatic carboxylic acids is 1. The van der Waals surface area contributed by atoms with Gasteiger partial charge in [0, 0.05) is 31.1 Å². The molecule has 2 aromatic rings. The smallest absolute Gasteiger partial charge is 0.422 e. The van der Waals surface area contributed by atoms with Crippen molar-refractivity contribution >= 4 is 11.7 Å². The Labute approximate surface area is 169 Å². The first-order valence-electron chi connectivity index (χ1n) is 9.25. The summed E-state index contributed by atoms with van der Waals surface area (Å²) in [6, 6.07) is 6.14. The van der Waals surface area contributed by atoms with E-state index in [1.807, 2.05) is 0 Å². The summed E-state index contributed by atoms with van der Waals surface area (Å²) in [5.74, 6) is -2.90. The number of carboxylic acid groups (broad SMARTS) is 1. The highest BCUT2D eigenvalue weighted by molar-refractivity contribution is 5.67. The summed E-state index contributed by atoms with van der Waals surface area (Å²) in [4.78, 5) is 16.2. The quantitative estimate of drug-likeness (QED) is 0.676. The average Bonchev–Trinajstić information content (AvgIpc) is 2.66. The van der Waals surface area contributed by atoms with Gasteiger partial charge in [0.15, 0.2) is 6.61 Å². The zero-order valence-corrected chi connectivity index (χ0v) is 15.8. The molecule has 1 aromatic carbocycles. The number of halogens is 5. The van der Waals surface area contributed by atoms with Gasteiger partial charge in [-0.15, -0.1) is 0 Å². The minimum atomic E-state index is -4.53. The minimum absolute atomic E-state index is 0.0240. The van der Waals surface area contributed by atoms with Gasteiger partial charge in [0.1, 0.15) is 17.3 Å². The third-order valence-electron chi connectivity index (χ3n) is 4.81. The number of hydrogen-bond acceptors (Lipinski definition) is 4. The van der Waals surface area contributed by atoms with E-state index in [9.17, 15) is 26.7 Å². The number of benzene rings is 1. The number of hydrogen-bond donors (Lipinski definition) is 1. The Bertz CT molecular complexity index is 889. The van der Waals surface area contributed by atoms with Crippen LogP contribution in [0, 0.1) is 17.6 Å². The van der Waals surface area contributed by atoms with Crippen LogP contribution in [0.2, 0.25) is 0 Å². The van der Waals surface area contributed by atoms with Crippen molar-refractivity contribution in [1.82, 2.24) is 4.98 Å².